The van der Waals surface area contributed by atoms with Crippen LogP contribution in [-0.2, 0) is 4.79 Å². The summed E-state index contributed by atoms with van der Waals surface area (Å²) < 4.78 is 0.0307. The van der Waals surface area contributed by atoms with Crippen molar-refractivity contribution in [3.8, 4) is 0 Å². The Morgan fingerprint density at radius 3 is 2.53 bits per heavy atom. The van der Waals surface area contributed by atoms with Crippen LogP contribution in [0, 0.1) is 0 Å². The van der Waals surface area contributed by atoms with Gasteiger partial charge in [0.05, 0.1) is 0 Å². The molecule has 0 spiro atoms. The van der Waals surface area contributed by atoms with E-state index in [2.05, 4.69) is 19.2 Å². The summed E-state index contributed by atoms with van der Waals surface area (Å²) in [6.07, 6.45) is 2.03. The van der Waals surface area contributed by atoms with Crippen LogP contribution in [0.4, 0.5) is 0 Å². The van der Waals surface area contributed by atoms with Crippen molar-refractivity contribution in [1.82, 2.24) is 5.32 Å². The molecule has 1 amide bonds. The van der Waals surface area contributed by atoms with E-state index in [1.54, 1.807) is 11.8 Å². The third-order valence-corrected chi connectivity index (χ3v) is 4.26. The number of benzene rings is 1. The normalized spacial score (nSPS) is 13.2. The second-order valence-corrected chi connectivity index (χ2v) is 6.40. The molecule has 1 unspecified atom stereocenters. The van der Waals surface area contributed by atoms with Gasteiger partial charge in [0.15, 0.2) is 0 Å². The Hall–Kier alpha value is -0.670. The molecule has 94 valence electrons. The van der Waals surface area contributed by atoms with Crippen LogP contribution >= 0.6 is 23.4 Å². The third kappa shape index (κ3) is 4.60. The zero-order valence-corrected chi connectivity index (χ0v) is 11.9. The molecule has 1 aromatic carbocycles. The van der Waals surface area contributed by atoms with Gasteiger partial charge in [0.25, 0.3) is 0 Å². The lowest BCUT2D eigenvalue weighted by molar-refractivity contribution is -0.120. The lowest BCUT2D eigenvalue weighted by Gasteiger charge is -2.23. The van der Waals surface area contributed by atoms with E-state index in [-0.39, 0.29) is 10.7 Å². The maximum absolute atomic E-state index is 11.9. The molecule has 17 heavy (non-hydrogen) atoms. The molecule has 1 N–H and O–H groups in total. The minimum absolute atomic E-state index is 0.0307. The zero-order valence-electron chi connectivity index (χ0n) is 10.4. The van der Waals surface area contributed by atoms with Gasteiger partial charge >= 0.3 is 0 Å². The van der Waals surface area contributed by atoms with Crippen molar-refractivity contribution in [2.45, 2.75) is 24.0 Å². The Morgan fingerprint density at radius 2 is 2.00 bits per heavy atom. The number of halogens is 1. The Bertz CT molecular complexity index is 367. The third-order valence-electron chi connectivity index (χ3n) is 2.56. The molecule has 0 saturated heterocycles. The highest BCUT2D eigenvalue weighted by molar-refractivity contribution is 7.99. The van der Waals surface area contributed by atoms with Crippen LogP contribution in [0.5, 0.6) is 0 Å². The van der Waals surface area contributed by atoms with E-state index in [4.69, 9.17) is 11.6 Å². The van der Waals surface area contributed by atoms with Gasteiger partial charge in [0, 0.05) is 11.3 Å². The average molecular weight is 272 g/mol. The van der Waals surface area contributed by atoms with Gasteiger partial charge in [0.2, 0.25) is 5.91 Å². The van der Waals surface area contributed by atoms with Gasteiger partial charge in [-0.25, -0.2) is 0 Å². The van der Waals surface area contributed by atoms with Crippen molar-refractivity contribution < 1.29 is 4.79 Å². The van der Waals surface area contributed by atoms with E-state index >= 15 is 0 Å². The summed E-state index contributed by atoms with van der Waals surface area (Å²) in [6.45, 7) is 4.79. The maximum atomic E-state index is 11.9. The van der Waals surface area contributed by atoms with Gasteiger partial charge in [-0.2, -0.15) is 11.8 Å². The van der Waals surface area contributed by atoms with Gasteiger partial charge in [-0.1, -0.05) is 30.3 Å². The largest absolute Gasteiger partial charge is 0.353 e. The Morgan fingerprint density at radius 1 is 1.41 bits per heavy atom. The van der Waals surface area contributed by atoms with E-state index in [0.29, 0.717) is 6.54 Å². The fraction of sp³-hybridized carbons (Fsp3) is 0.462. The van der Waals surface area contributed by atoms with Crippen LogP contribution in [0.2, 0.25) is 0 Å². The van der Waals surface area contributed by atoms with Gasteiger partial charge in [0.1, 0.15) is 5.38 Å². The lowest BCUT2D eigenvalue weighted by Crippen LogP contribution is -2.37. The number of carbonyl (C=O) groups excluding carboxylic acids is 1. The fourth-order valence-corrected chi connectivity index (χ4v) is 1.67. The van der Waals surface area contributed by atoms with E-state index in [1.165, 1.54) is 0 Å². The number of hydrogen-bond acceptors (Lipinski definition) is 2. The first-order valence-corrected chi connectivity index (χ1v) is 7.14. The van der Waals surface area contributed by atoms with E-state index < -0.39 is 5.38 Å². The summed E-state index contributed by atoms with van der Waals surface area (Å²) in [5.41, 5.74) is 0.827. The number of alkyl halides is 1. The number of thioether (sulfide) groups is 1. The molecular formula is C13H18ClNOS. The molecule has 0 bridgehead atoms. The predicted octanol–water partition coefficient (Wildman–Crippen LogP) is 3.22. The predicted molar refractivity (Wildman–Crippen MR) is 75.6 cm³/mol. The van der Waals surface area contributed by atoms with E-state index in [9.17, 15) is 4.79 Å². The number of carbonyl (C=O) groups is 1. The summed E-state index contributed by atoms with van der Waals surface area (Å²) in [4.78, 5) is 11.9. The van der Waals surface area contributed by atoms with Crippen molar-refractivity contribution in [2.75, 3.05) is 12.8 Å². The molecule has 0 fully saturated rings. The van der Waals surface area contributed by atoms with Crippen molar-refractivity contribution >= 4 is 29.3 Å². The topological polar surface area (TPSA) is 29.1 Å². The molecule has 1 rings (SSSR count). The molecule has 2 nitrogen and oxygen atoms in total. The van der Waals surface area contributed by atoms with Crippen LogP contribution in [0.1, 0.15) is 24.8 Å². The maximum Gasteiger partial charge on any atom is 0.242 e. The molecule has 0 aliphatic carbocycles. The first-order chi connectivity index (χ1) is 7.96. The van der Waals surface area contributed by atoms with Gasteiger partial charge in [-0.15, -0.1) is 11.6 Å². The zero-order chi connectivity index (χ0) is 12.9. The highest BCUT2D eigenvalue weighted by Crippen LogP contribution is 2.22. The van der Waals surface area contributed by atoms with Crippen LogP contribution in [0.25, 0.3) is 0 Å². The van der Waals surface area contributed by atoms with Crippen molar-refractivity contribution in [2.24, 2.45) is 0 Å². The molecule has 1 atom stereocenters. The molecule has 0 aromatic heterocycles. The highest BCUT2D eigenvalue weighted by Gasteiger charge is 2.21. The minimum atomic E-state index is -0.617. The van der Waals surface area contributed by atoms with Gasteiger partial charge in [-0.05, 0) is 25.7 Å². The number of amides is 1. The van der Waals surface area contributed by atoms with E-state index in [0.717, 1.165) is 5.56 Å². The van der Waals surface area contributed by atoms with Crippen LogP contribution < -0.4 is 5.32 Å². The SMILES string of the molecule is CSC(C)(C)CNC(=O)C(Cl)c1ccccc1. The van der Waals surface area contributed by atoms with Crippen molar-refractivity contribution in [3.05, 3.63) is 35.9 Å². The van der Waals surface area contributed by atoms with Crippen LogP contribution in [0.15, 0.2) is 30.3 Å². The second kappa shape index (κ2) is 6.31. The van der Waals surface area contributed by atoms with Crippen molar-refractivity contribution in [3.63, 3.8) is 0 Å². The Balaban J connectivity index is 2.54. The summed E-state index contributed by atoms with van der Waals surface area (Å²) >= 11 is 7.83. The molecule has 0 aliphatic heterocycles. The summed E-state index contributed by atoms with van der Waals surface area (Å²) in [7, 11) is 0. The standard InChI is InChI=1S/C13H18ClNOS/c1-13(2,17-3)9-15-12(16)11(14)10-7-5-4-6-8-10/h4-8,11H,9H2,1-3H3,(H,15,16). The molecule has 4 heteroatoms. The summed E-state index contributed by atoms with van der Waals surface area (Å²) in [5.74, 6) is -0.139. The minimum Gasteiger partial charge on any atom is -0.353 e. The second-order valence-electron chi connectivity index (χ2n) is 4.45. The molecule has 0 radical (unpaired) electrons. The van der Waals surface area contributed by atoms with Crippen molar-refractivity contribution in [1.29, 1.82) is 0 Å². The van der Waals surface area contributed by atoms with Crippen LogP contribution in [-0.4, -0.2) is 23.5 Å². The fourth-order valence-electron chi connectivity index (χ4n) is 1.24. The molecule has 0 aliphatic rings. The monoisotopic (exact) mass is 271 g/mol. The molecular weight excluding hydrogens is 254 g/mol. The first kappa shape index (κ1) is 14.4. The quantitative estimate of drug-likeness (QED) is 0.833. The average Bonchev–Trinajstić information content (AvgIpc) is 2.36. The molecule has 1 aromatic rings. The van der Waals surface area contributed by atoms with E-state index in [1.807, 2.05) is 36.6 Å². The number of hydrogen-bond donors (Lipinski definition) is 1. The highest BCUT2D eigenvalue weighted by atomic mass is 35.5. The van der Waals surface area contributed by atoms with Crippen LogP contribution in [0.3, 0.4) is 0 Å². The smallest absolute Gasteiger partial charge is 0.242 e. The summed E-state index contributed by atoms with van der Waals surface area (Å²) in [6, 6.07) is 9.38. The van der Waals surface area contributed by atoms with Gasteiger partial charge < -0.3 is 5.32 Å². The van der Waals surface area contributed by atoms with Gasteiger partial charge in [-0.3, -0.25) is 4.79 Å². The Labute approximate surface area is 112 Å². The lowest BCUT2D eigenvalue weighted by atomic mass is 10.1. The number of nitrogens with one attached hydrogen (secondary N) is 1. The molecule has 0 saturated carbocycles. The first-order valence-electron chi connectivity index (χ1n) is 5.48. The Kier molecular flexibility index (Phi) is 5.34. The summed E-state index contributed by atoms with van der Waals surface area (Å²) in [5, 5.41) is 2.26. The molecule has 0 heterocycles. The number of rotatable bonds is 5.